The number of aromatic nitrogens is 2. The Balaban J connectivity index is 1.70. The van der Waals surface area contributed by atoms with Gasteiger partial charge in [-0.25, -0.2) is 9.98 Å². The number of amidine groups is 1. The topological polar surface area (TPSA) is 87.8 Å². The maximum Gasteiger partial charge on any atom is 0.297 e. The van der Waals surface area contributed by atoms with Crippen molar-refractivity contribution < 1.29 is 9.90 Å². The van der Waals surface area contributed by atoms with Gasteiger partial charge in [-0.3, -0.25) is 9.59 Å². The van der Waals surface area contributed by atoms with Gasteiger partial charge in [-0.05, 0) is 42.8 Å². The highest BCUT2D eigenvalue weighted by atomic mass is 16.3. The normalized spacial score (nSPS) is 14.9. The third-order valence-electron chi connectivity index (χ3n) is 5.18. The molecule has 0 spiro atoms. The number of carbonyl (C=O) groups excluding carboxylic acids is 1. The second-order valence-electron chi connectivity index (χ2n) is 7.33. The first-order valence-electron chi connectivity index (χ1n) is 10.0. The Kier molecular flexibility index (Phi) is 4.63. The van der Waals surface area contributed by atoms with Crippen LogP contribution in [0.15, 0.2) is 94.3 Å². The Morgan fingerprint density at radius 1 is 0.875 bits per heavy atom. The highest BCUT2D eigenvalue weighted by Crippen LogP contribution is 2.23. The van der Waals surface area contributed by atoms with Crippen LogP contribution in [0.2, 0.25) is 0 Å². The first-order valence-corrected chi connectivity index (χ1v) is 10.0. The van der Waals surface area contributed by atoms with Crippen molar-refractivity contribution in [1.29, 1.82) is 0 Å². The van der Waals surface area contributed by atoms with Crippen molar-refractivity contribution in [2.24, 2.45) is 4.99 Å². The number of amides is 1. The van der Waals surface area contributed by atoms with Crippen molar-refractivity contribution in [2.75, 3.05) is 5.01 Å². The highest BCUT2D eigenvalue weighted by Gasteiger charge is 2.32. The lowest BCUT2D eigenvalue weighted by molar-refractivity contribution is -0.115. The van der Waals surface area contributed by atoms with Crippen LogP contribution in [0.3, 0.4) is 0 Å². The van der Waals surface area contributed by atoms with Crippen LogP contribution in [-0.4, -0.2) is 26.5 Å². The Hall–Kier alpha value is -4.52. The number of aliphatic imine (C=N–C) groups is 1. The fourth-order valence-electron chi connectivity index (χ4n) is 3.67. The van der Waals surface area contributed by atoms with Crippen molar-refractivity contribution in [3.8, 4) is 17.1 Å². The third kappa shape index (κ3) is 3.26. The SMILES string of the molecule is CC1=N/C(=C\c2ccc(O)cc2)C(=O)N1n1c(-c2ccccc2)nc2ccccc2c1=O. The van der Waals surface area contributed by atoms with Crippen molar-refractivity contribution in [2.45, 2.75) is 6.92 Å². The van der Waals surface area contributed by atoms with Crippen LogP contribution in [0.25, 0.3) is 28.4 Å². The maximum absolute atomic E-state index is 13.5. The lowest BCUT2D eigenvalue weighted by atomic mass is 10.2. The van der Waals surface area contributed by atoms with E-state index < -0.39 is 5.91 Å². The smallest absolute Gasteiger partial charge is 0.297 e. The number of nitrogens with zero attached hydrogens (tertiary/aromatic N) is 4. The summed E-state index contributed by atoms with van der Waals surface area (Å²) in [5.41, 5.74) is 1.79. The molecule has 0 radical (unpaired) electrons. The third-order valence-corrected chi connectivity index (χ3v) is 5.18. The molecule has 0 fully saturated rings. The fourth-order valence-corrected chi connectivity index (χ4v) is 3.67. The summed E-state index contributed by atoms with van der Waals surface area (Å²) >= 11 is 0. The summed E-state index contributed by atoms with van der Waals surface area (Å²) in [7, 11) is 0. The molecule has 0 bridgehead atoms. The van der Waals surface area contributed by atoms with E-state index in [2.05, 4.69) is 4.99 Å². The Morgan fingerprint density at radius 2 is 1.56 bits per heavy atom. The highest BCUT2D eigenvalue weighted by molar-refractivity contribution is 6.23. The predicted octanol–water partition coefficient (Wildman–Crippen LogP) is 3.71. The van der Waals surface area contributed by atoms with E-state index in [1.54, 1.807) is 43.3 Å². The lowest BCUT2D eigenvalue weighted by Crippen LogP contribution is -2.47. The molecule has 1 aliphatic heterocycles. The fraction of sp³-hybridized carbons (Fsp3) is 0.0400. The number of carbonyl (C=O) groups is 1. The molecule has 2 heterocycles. The van der Waals surface area contributed by atoms with Crippen LogP contribution < -0.4 is 10.6 Å². The molecular formula is C25H18N4O3. The van der Waals surface area contributed by atoms with E-state index in [0.29, 0.717) is 33.7 Å². The van der Waals surface area contributed by atoms with Crippen molar-refractivity contribution in [1.82, 2.24) is 9.66 Å². The van der Waals surface area contributed by atoms with E-state index in [4.69, 9.17) is 4.98 Å². The molecule has 0 aliphatic carbocycles. The summed E-state index contributed by atoms with van der Waals surface area (Å²) in [6.07, 6.45) is 1.62. The first-order chi connectivity index (χ1) is 15.5. The number of benzene rings is 3. The summed E-state index contributed by atoms with van der Waals surface area (Å²) < 4.78 is 1.29. The van der Waals surface area contributed by atoms with Gasteiger partial charge in [0.05, 0.1) is 10.9 Å². The van der Waals surface area contributed by atoms with Crippen LogP contribution >= 0.6 is 0 Å². The Morgan fingerprint density at radius 3 is 2.31 bits per heavy atom. The number of fused-ring (bicyclic) bond motifs is 1. The van der Waals surface area contributed by atoms with Gasteiger partial charge in [-0.15, -0.1) is 0 Å². The minimum Gasteiger partial charge on any atom is -0.508 e. The summed E-state index contributed by atoms with van der Waals surface area (Å²) in [6, 6.07) is 22.7. The molecule has 0 saturated heterocycles. The van der Waals surface area contributed by atoms with E-state index in [-0.39, 0.29) is 17.0 Å². The largest absolute Gasteiger partial charge is 0.508 e. The van der Waals surface area contributed by atoms with Gasteiger partial charge in [0, 0.05) is 5.56 Å². The van der Waals surface area contributed by atoms with Gasteiger partial charge in [-0.1, -0.05) is 54.6 Å². The van der Waals surface area contributed by atoms with Crippen molar-refractivity contribution >= 4 is 28.7 Å². The van der Waals surface area contributed by atoms with Crippen LogP contribution in [0, 0.1) is 0 Å². The Labute approximate surface area is 183 Å². The van der Waals surface area contributed by atoms with Gasteiger partial charge in [0.15, 0.2) is 5.82 Å². The average molecular weight is 422 g/mol. The molecular weight excluding hydrogens is 404 g/mol. The minimum absolute atomic E-state index is 0.132. The second-order valence-corrected chi connectivity index (χ2v) is 7.33. The zero-order valence-corrected chi connectivity index (χ0v) is 17.1. The van der Waals surface area contributed by atoms with Crippen molar-refractivity contribution in [3.05, 3.63) is 100 Å². The standard InChI is InChI=1S/C25H18N4O3/c1-16-26-22(15-17-11-13-19(30)14-12-17)25(32)28(16)29-23(18-7-3-2-4-8-18)27-21-10-6-5-9-20(21)24(29)31/h2-15,30H,1H3/b22-15-. The number of phenols is 1. The number of hydrogen-bond donors (Lipinski definition) is 1. The second kappa shape index (κ2) is 7.63. The van der Waals surface area contributed by atoms with Gasteiger partial charge >= 0.3 is 0 Å². The van der Waals surface area contributed by atoms with Gasteiger partial charge in [0.1, 0.15) is 17.3 Å². The molecule has 0 atom stereocenters. The Bertz CT molecular complexity index is 1470. The predicted molar refractivity (Wildman–Crippen MR) is 124 cm³/mol. The molecule has 5 rings (SSSR count). The molecule has 156 valence electrons. The minimum atomic E-state index is -0.438. The quantitative estimate of drug-likeness (QED) is 0.510. The van der Waals surface area contributed by atoms with Gasteiger partial charge < -0.3 is 5.11 Å². The van der Waals surface area contributed by atoms with E-state index in [9.17, 15) is 14.7 Å². The number of rotatable bonds is 3. The zero-order chi connectivity index (χ0) is 22.2. The summed E-state index contributed by atoms with van der Waals surface area (Å²) in [5.74, 6) is 0.402. The molecule has 4 aromatic rings. The molecule has 32 heavy (non-hydrogen) atoms. The average Bonchev–Trinajstić information content (AvgIpc) is 3.08. The molecule has 3 aromatic carbocycles. The molecule has 1 N–H and O–H groups in total. The molecule has 1 aromatic heterocycles. The summed E-state index contributed by atoms with van der Waals surface area (Å²) in [5, 5.41) is 11.2. The number of para-hydroxylation sites is 1. The molecule has 0 saturated carbocycles. The van der Waals surface area contributed by atoms with Crippen LogP contribution in [0.1, 0.15) is 12.5 Å². The number of hydrogen-bond acceptors (Lipinski definition) is 5. The zero-order valence-electron chi connectivity index (χ0n) is 17.1. The summed E-state index contributed by atoms with van der Waals surface area (Å²) in [4.78, 5) is 36.0. The van der Waals surface area contributed by atoms with Gasteiger partial charge in [0.2, 0.25) is 0 Å². The molecule has 7 nitrogen and oxygen atoms in total. The number of aromatic hydroxyl groups is 1. The summed E-state index contributed by atoms with van der Waals surface area (Å²) in [6.45, 7) is 1.67. The van der Waals surface area contributed by atoms with Crippen LogP contribution in [-0.2, 0) is 4.79 Å². The van der Waals surface area contributed by atoms with E-state index in [1.807, 2.05) is 36.4 Å². The van der Waals surface area contributed by atoms with E-state index in [0.717, 1.165) is 0 Å². The monoisotopic (exact) mass is 422 g/mol. The molecule has 1 aliphatic rings. The number of phenolic OH excluding ortho intramolecular Hbond substituents is 1. The van der Waals surface area contributed by atoms with Gasteiger partial charge in [-0.2, -0.15) is 9.69 Å². The van der Waals surface area contributed by atoms with E-state index >= 15 is 0 Å². The molecule has 7 heteroatoms. The first kappa shape index (κ1) is 19.4. The lowest BCUT2D eigenvalue weighted by Gasteiger charge is -2.22. The maximum atomic E-state index is 13.5. The van der Waals surface area contributed by atoms with Crippen LogP contribution in [0.4, 0.5) is 0 Å². The molecule has 0 unspecified atom stereocenters. The molecule has 1 amide bonds. The van der Waals surface area contributed by atoms with Crippen LogP contribution in [0.5, 0.6) is 5.75 Å². The van der Waals surface area contributed by atoms with Crippen molar-refractivity contribution in [3.63, 3.8) is 0 Å². The van der Waals surface area contributed by atoms with Gasteiger partial charge in [0.25, 0.3) is 11.5 Å². The van der Waals surface area contributed by atoms with E-state index in [1.165, 1.54) is 21.8 Å².